The Hall–Kier alpha value is -1.59. The zero-order valence-corrected chi connectivity index (χ0v) is 16.5. The summed E-state index contributed by atoms with van der Waals surface area (Å²) in [6.45, 7) is 13.0. The van der Waals surface area contributed by atoms with Crippen molar-refractivity contribution < 1.29 is 9.53 Å². The third-order valence-electron chi connectivity index (χ3n) is 5.64. The van der Waals surface area contributed by atoms with Crippen LogP contribution < -0.4 is 10.1 Å². The fourth-order valence-corrected chi connectivity index (χ4v) is 4.01. The summed E-state index contributed by atoms with van der Waals surface area (Å²) in [5, 5.41) is 3.43. The molecule has 2 aliphatic heterocycles. The summed E-state index contributed by atoms with van der Waals surface area (Å²) < 4.78 is 5.95. The monoisotopic (exact) mass is 359 g/mol. The average molecular weight is 360 g/mol. The Bertz CT molecular complexity index is 605. The van der Waals surface area contributed by atoms with Gasteiger partial charge in [-0.1, -0.05) is 17.7 Å². The maximum Gasteiger partial charge on any atom is 0.263 e. The molecule has 0 spiro atoms. The molecule has 0 aromatic heterocycles. The molecular formula is C21H33N3O2. The Kier molecular flexibility index (Phi) is 6.54. The van der Waals surface area contributed by atoms with E-state index in [1.807, 2.05) is 30.9 Å². The maximum absolute atomic E-state index is 12.8. The molecule has 1 aromatic carbocycles. The lowest BCUT2D eigenvalue weighted by Crippen LogP contribution is -2.53. The largest absolute Gasteiger partial charge is 0.481 e. The first-order valence-electron chi connectivity index (χ1n) is 9.98. The molecule has 144 valence electrons. The molecule has 0 bridgehead atoms. The van der Waals surface area contributed by atoms with E-state index >= 15 is 0 Å². The second kappa shape index (κ2) is 8.87. The van der Waals surface area contributed by atoms with Crippen molar-refractivity contribution in [2.24, 2.45) is 5.92 Å². The topological polar surface area (TPSA) is 44.8 Å². The molecule has 2 heterocycles. The molecule has 1 atom stereocenters. The van der Waals surface area contributed by atoms with Gasteiger partial charge >= 0.3 is 0 Å². The molecule has 1 unspecified atom stereocenters. The fraction of sp³-hybridized carbons (Fsp3) is 0.667. The first-order valence-corrected chi connectivity index (χ1v) is 9.98. The minimum absolute atomic E-state index is 0.103. The molecule has 1 aromatic rings. The number of ether oxygens (including phenoxy) is 1. The fourth-order valence-electron chi connectivity index (χ4n) is 4.01. The highest BCUT2D eigenvalue weighted by atomic mass is 16.5. The van der Waals surface area contributed by atoms with Crippen LogP contribution >= 0.6 is 0 Å². The number of benzene rings is 1. The number of nitrogens with zero attached hydrogens (tertiary/aromatic N) is 2. The molecule has 1 amide bonds. The van der Waals surface area contributed by atoms with Gasteiger partial charge in [-0.05, 0) is 64.3 Å². The SMILES string of the molecule is Cc1ccc(OC(C)C(=O)N2CCN(CC3CCNCC3)CC2)c(C)c1. The molecule has 2 fully saturated rings. The number of nitrogens with one attached hydrogen (secondary N) is 1. The summed E-state index contributed by atoms with van der Waals surface area (Å²) in [6, 6.07) is 6.08. The Balaban J connectivity index is 1.46. The van der Waals surface area contributed by atoms with Gasteiger partial charge in [-0.3, -0.25) is 9.69 Å². The minimum atomic E-state index is -0.438. The lowest BCUT2D eigenvalue weighted by atomic mass is 9.97. The van der Waals surface area contributed by atoms with Crippen molar-refractivity contribution in [1.29, 1.82) is 0 Å². The van der Waals surface area contributed by atoms with Gasteiger partial charge in [0.15, 0.2) is 6.10 Å². The summed E-state index contributed by atoms with van der Waals surface area (Å²) in [6.07, 6.45) is 2.12. The van der Waals surface area contributed by atoms with Crippen LogP contribution in [0.15, 0.2) is 18.2 Å². The third-order valence-corrected chi connectivity index (χ3v) is 5.64. The molecule has 5 heteroatoms. The average Bonchev–Trinajstić information content (AvgIpc) is 2.65. The van der Waals surface area contributed by atoms with Crippen molar-refractivity contribution in [2.75, 3.05) is 45.8 Å². The van der Waals surface area contributed by atoms with Gasteiger partial charge in [0.1, 0.15) is 5.75 Å². The standard InChI is InChI=1S/C21H33N3O2/c1-16-4-5-20(17(2)14-16)26-18(3)21(25)24-12-10-23(11-13-24)15-19-6-8-22-9-7-19/h4-5,14,18-19,22H,6-13,15H2,1-3H3. The smallest absolute Gasteiger partial charge is 0.263 e. The van der Waals surface area contributed by atoms with Crippen LogP contribution in [0, 0.1) is 19.8 Å². The highest BCUT2D eigenvalue weighted by Crippen LogP contribution is 2.21. The van der Waals surface area contributed by atoms with Crippen LogP contribution in [0.1, 0.15) is 30.9 Å². The minimum Gasteiger partial charge on any atom is -0.481 e. The summed E-state index contributed by atoms with van der Waals surface area (Å²) in [5.74, 6) is 1.72. The normalized spacial score (nSPS) is 20.8. The summed E-state index contributed by atoms with van der Waals surface area (Å²) >= 11 is 0. The van der Waals surface area contributed by atoms with Gasteiger partial charge < -0.3 is 15.0 Å². The van der Waals surface area contributed by atoms with E-state index in [0.29, 0.717) is 0 Å². The zero-order valence-electron chi connectivity index (χ0n) is 16.5. The number of aryl methyl sites for hydroxylation is 2. The van der Waals surface area contributed by atoms with Crippen LogP contribution in [0.25, 0.3) is 0 Å². The Labute approximate surface area is 157 Å². The Morgan fingerprint density at radius 1 is 1.19 bits per heavy atom. The highest BCUT2D eigenvalue weighted by molar-refractivity contribution is 5.81. The molecule has 5 nitrogen and oxygen atoms in total. The van der Waals surface area contributed by atoms with Gasteiger partial charge in [0, 0.05) is 32.7 Å². The van der Waals surface area contributed by atoms with E-state index in [-0.39, 0.29) is 5.91 Å². The lowest BCUT2D eigenvalue weighted by Gasteiger charge is -2.38. The molecule has 2 aliphatic rings. The number of rotatable bonds is 5. The number of piperidine rings is 1. The molecule has 0 aliphatic carbocycles. The number of piperazine rings is 1. The van der Waals surface area contributed by atoms with Crippen LogP contribution in [0.4, 0.5) is 0 Å². The third kappa shape index (κ3) is 4.98. The van der Waals surface area contributed by atoms with Crippen LogP contribution in [-0.4, -0.2) is 67.6 Å². The van der Waals surface area contributed by atoms with Crippen LogP contribution in [-0.2, 0) is 4.79 Å². The lowest BCUT2D eigenvalue weighted by molar-refractivity contribution is -0.139. The number of carbonyl (C=O) groups is 1. The van der Waals surface area contributed by atoms with E-state index in [9.17, 15) is 4.79 Å². The molecule has 2 saturated heterocycles. The molecule has 0 saturated carbocycles. The van der Waals surface area contributed by atoms with Gasteiger partial charge in [-0.25, -0.2) is 0 Å². The summed E-state index contributed by atoms with van der Waals surface area (Å²) in [7, 11) is 0. The first kappa shape index (κ1) is 19.2. The van der Waals surface area contributed by atoms with Crippen LogP contribution in [0.3, 0.4) is 0 Å². The van der Waals surface area contributed by atoms with Crippen molar-refractivity contribution in [1.82, 2.24) is 15.1 Å². The van der Waals surface area contributed by atoms with Gasteiger partial charge in [-0.2, -0.15) is 0 Å². The second-order valence-corrected chi connectivity index (χ2v) is 7.85. The van der Waals surface area contributed by atoms with E-state index in [4.69, 9.17) is 4.74 Å². The number of hydrogen-bond acceptors (Lipinski definition) is 4. The van der Waals surface area contributed by atoms with Gasteiger partial charge in [0.2, 0.25) is 0 Å². The number of hydrogen-bond donors (Lipinski definition) is 1. The van der Waals surface area contributed by atoms with Crippen LogP contribution in [0.5, 0.6) is 5.75 Å². The van der Waals surface area contributed by atoms with Crippen LogP contribution in [0.2, 0.25) is 0 Å². The maximum atomic E-state index is 12.8. The van der Waals surface area contributed by atoms with Crippen molar-refractivity contribution >= 4 is 5.91 Å². The molecule has 26 heavy (non-hydrogen) atoms. The van der Waals surface area contributed by atoms with E-state index in [2.05, 4.69) is 23.2 Å². The highest BCUT2D eigenvalue weighted by Gasteiger charge is 2.27. The van der Waals surface area contributed by atoms with Gasteiger partial charge in [0.05, 0.1) is 0 Å². The van der Waals surface area contributed by atoms with E-state index in [0.717, 1.165) is 56.5 Å². The van der Waals surface area contributed by atoms with E-state index in [1.165, 1.54) is 24.9 Å². The van der Waals surface area contributed by atoms with Crippen molar-refractivity contribution in [3.05, 3.63) is 29.3 Å². The predicted octanol–water partition coefficient (Wildman–Crippen LogP) is 2.21. The number of carbonyl (C=O) groups excluding carboxylic acids is 1. The van der Waals surface area contributed by atoms with E-state index in [1.54, 1.807) is 0 Å². The van der Waals surface area contributed by atoms with Gasteiger partial charge in [0.25, 0.3) is 5.91 Å². The molecule has 3 rings (SSSR count). The molecule has 1 N–H and O–H groups in total. The Morgan fingerprint density at radius 2 is 1.88 bits per heavy atom. The molecular weight excluding hydrogens is 326 g/mol. The summed E-state index contributed by atoms with van der Waals surface area (Å²) in [5.41, 5.74) is 2.29. The zero-order chi connectivity index (χ0) is 18.5. The van der Waals surface area contributed by atoms with E-state index < -0.39 is 6.10 Å². The van der Waals surface area contributed by atoms with Crippen molar-refractivity contribution in [3.8, 4) is 5.75 Å². The van der Waals surface area contributed by atoms with Crippen molar-refractivity contribution in [2.45, 2.75) is 39.7 Å². The quantitative estimate of drug-likeness (QED) is 0.876. The first-order chi connectivity index (χ1) is 12.5. The summed E-state index contributed by atoms with van der Waals surface area (Å²) in [4.78, 5) is 17.2. The number of amides is 1. The Morgan fingerprint density at radius 3 is 2.54 bits per heavy atom. The van der Waals surface area contributed by atoms with Crippen molar-refractivity contribution in [3.63, 3.8) is 0 Å². The molecule has 0 radical (unpaired) electrons. The van der Waals surface area contributed by atoms with Gasteiger partial charge in [-0.15, -0.1) is 0 Å². The predicted molar refractivity (Wildman–Crippen MR) is 105 cm³/mol. The second-order valence-electron chi connectivity index (χ2n) is 7.85.